The molecule has 0 spiro atoms. The molecule has 350 valence electrons. The topological polar surface area (TPSA) is 187 Å². The third kappa shape index (κ3) is 8.52. The van der Waals surface area contributed by atoms with E-state index in [2.05, 4.69) is 52.0 Å². The highest BCUT2D eigenvalue weighted by Gasteiger charge is 2.47. The fourth-order valence-corrected chi connectivity index (χ4v) is 9.71. The van der Waals surface area contributed by atoms with E-state index in [1.165, 1.54) is 22.3 Å². The van der Waals surface area contributed by atoms with E-state index in [0.717, 1.165) is 49.4 Å². The van der Waals surface area contributed by atoms with Crippen LogP contribution in [0.4, 0.5) is 36.2 Å². The molecule has 0 radical (unpaired) electrons. The smallest absolute Gasteiger partial charge is 0.282 e. The van der Waals surface area contributed by atoms with E-state index in [4.69, 9.17) is 15.0 Å². The summed E-state index contributed by atoms with van der Waals surface area (Å²) >= 11 is 1.52. The first-order valence-electron chi connectivity index (χ1n) is 22.5. The molecule has 1 unspecified atom stereocenters. The Morgan fingerprint density at radius 1 is 0.732 bits per heavy atom. The number of amides is 1. The van der Waals surface area contributed by atoms with Crippen molar-refractivity contribution >= 4 is 62.1 Å². The molecule has 1 amide bonds. The van der Waals surface area contributed by atoms with E-state index < -0.39 is 36.8 Å². The van der Waals surface area contributed by atoms with Gasteiger partial charge in [-0.25, -0.2) is 38.1 Å². The number of aromatic amines is 3. The van der Waals surface area contributed by atoms with Crippen LogP contribution in [-0.2, 0) is 6.42 Å². The van der Waals surface area contributed by atoms with Gasteiger partial charge < -0.3 is 25.1 Å². The predicted octanol–water partition coefficient (Wildman–Crippen LogP) is 11.5. The Bertz CT molecular complexity index is 3730. The van der Waals surface area contributed by atoms with Gasteiger partial charge >= 0.3 is 0 Å². The summed E-state index contributed by atoms with van der Waals surface area (Å²) in [5.41, 5.74) is 9.25. The Morgan fingerprint density at radius 2 is 1.45 bits per heavy atom. The van der Waals surface area contributed by atoms with Crippen molar-refractivity contribution in [3.05, 3.63) is 163 Å². The van der Waals surface area contributed by atoms with Crippen molar-refractivity contribution in [2.75, 3.05) is 23.7 Å². The van der Waals surface area contributed by atoms with Crippen molar-refractivity contribution in [3.8, 4) is 55.7 Å². The number of aromatic nitrogens is 11. The van der Waals surface area contributed by atoms with Crippen LogP contribution in [0.3, 0.4) is 0 Å². The second kappa shape index (κ2) is 17.5. The van der Waals surface area contributed by atoms with Crippen LogP contribution in [0, 0.1) is 5.82 Å². The minimum Gasteiger partial charge on any atom is -0.353 e. The number of anilines is 4. The molecule has 0 saturated carbocycles. The Kier molecular flexibility index (Phi) is 10.7. The average molecular weight is 965 g/mol. The number of nitrogens with one attached hydrogen (secondary N) is 5. The number of nitrogens with zero attached hydrogens (tertiary/aromatic N) is 9. The molecule has 12 rings (SSSR count). The summed E-state index contributed by atoms with van der Waals surface area (Å²) in [6.45, 7) is 0.676. The molecule has 0 bridgehead atoms. The summed E-state index contributed by atoms with van der Waals surface area (Å²) in [6.07, 6.45) is 12.2. The Morgan fingerprint density at radius 3 is 2.17 bits per heavy atom. The third-order valence-electron chi connectivity index (χ3n) is 12.5. The standard InChI is InChI=1S/C52H39F3N14OS/c1-29(16-33-17-34-18-43(50-58-14-15-71-50)65-42(34)22-40(33)49-57-13-11-47(67-49)64-38-8-9-39(41(53)21-38)36-25-61-62-26-36)69-44-20-32(3-2-31(44)19-45(69)51(70)68-27-52(54,55)28-68)48-56-12-10-46(66-48)63-37-6-4-30(5-7-37)35-23-59-60-24-35/h2-15,17-26,29,65H,16,27-28H2,1H3,(H,59,60)(H,61,62)(H,56,63,66)(H,57,64,67). The summed E-state index contributed by atoms with van der Waals surface area (Å²) in [6, 6.07) is 29.4. The number of H-pyrrole nitrogens is 3. The highest BCUT2D eigenvalue weighted by molar-refractivity contribution is 7.13. The first-order chi connectivity index (χ1) is 34.6. The summed E-state index contributed by atoms with van der Waals surface area (Å²) in [5.74, 6) is -2.02. The lowest BCUT2D eigenvalue weighted by Crippen LogP contribution is -2.58. The van der Waals surface area contributed by atoms with Gasteiger partial charge in [-0.1, -0.05) is 24.3 Å². The summed E-state index contributed by atoms with van der Waals surface area (Å²) in [4.78, 5) is 42.6. The fraction of sp³-hybridized carbons (Fsp3) is 0.115. The molecule has 1 aliphatic rings. The minimum atomic E-state index is -2.96. The second-order valence-corrected chi connectivity index (χ2v) is 18.3. The third-order valence-corrected chi connectivity index (χ3v) is 13.3. The Labute approximate surface area is 405 Å². The number of thiazole rings is 1. The number of fused-ring (bicyclic) bond motifs is 2. The largest absolute Gasteiger partial charge is 0.353 e. The first kappa shape index (κ1) is 43.3. The van der Waals surface area contributed by atoms with Gasteiger partial charge in [-0.15, -0.1) is 11.3 Å². The maximum atomic E-state index is 15.3. The van der Waals surface area contributed by atoms with E-state index in [-0.39, 0.29) is 5.69 Å². The van der Waals surface area contributed by atoms with Crippen LogP contribution in [-0.4, -0.2) is 84.7 Å². The number of benzene rings is 4. The predicted molar refractivity (Wildman–Crippen MR) is 267 cm³/mol. The molecule has 1 atom stereocenters. The van der Waals surface area contributed by atoms with Gasteiger partial charge in [0, 0.05) is 103 Å². The number of halogens is 3. The summed E-state index contributed by atoms with van der Waals surface area (Å²) < 4.78 is 45.9. The normalized spacial score (nSPS) is 13.7. The molecule has 5 N–H and O–H groups in total. The van der Waals surface area contributed by atoms with Crippen LogP contribution >= 0.6 is 11.3 Å². The van der Waals surface area contributed by atoms with Crippen molar-refractivity contribution in [2.24, 2.45) is 0 Å². The van der Waals surface area contributed by atoms with Gasteiger partial charge in [-0.05, 0) is 97.3 Å². The molecule has 19 heteroatoms. The van der Waals surface area contributed by atoms with Crippen molar-refractivity contribution in [2.45, 2.75) is 25.3 Å². The van der Waals surface area contributed by atoms with Gasteiger partial charge in [0.05, 0.1) is 31.2 Å². The van der Waals surface area contributed by atoms with Gasteiger partial charge in [-0.3, -0.25) is 15.0 Å². The molecule has 8 heterocycles. The van der Waals surface area contributed by atoms with Crippen LogP contribution in [0.1, 0.15) is 29.0 Å². The number of likely N-dealkylation sites (tertiary alicyclic amines) is 1. The monoisotopic (exact) mass is 964 g/mol. The van der Waals surface area contributed by atoms with E-state index in [0.29, 0.717) is 63.2 Å². The number of hydrogen-bond donors (Lipinski definition) is 5. The SMILES string of the molecule is CC(Cc1cc2cc(-c3nccs3)[nH]c2cc1-c1nccc(Nc2ccc(-c3cn[nH]c3)c(F)c2)n1)n1c(C(=O)N2CC(F)(F)C2)cc2ccc(-c3nccc(Nc4ccc(-c5cn[nH]c5)cc4)n3)cc21. The minimum absolute atomic E-state index is 0.277. The molecule has 4 aromatic carbocycles. The van der Waals surface area contributed by atoms with Crippen molar-refractivity contribution in [1.29, 1.82) is 0 Å². The molecular formula is C52H39F3N14OS. The van der Waals surface area contributed by atoms with Crippen LogP contribution < -0.4 is 10.6 Å². The highest BCUT2D eigenvalue weighted by atomic mass is 32.1. The number of hydrogen-bond acceptors (Lipinski definition) is 11. The molecule has 7 aromatic heterocycles. The zero-order chi connectivity index (χ0) is 48.2. The lowest BCUT2D eigenvalue weighted by atomic mass is 9.97. The Balaban J connectivity index is 0.908. The maximum Gasteiger partial charge on any atom is 0.282 e. The number of rotatable bonds is 13. The zero-order valence-electron chi connectivity index (χ0n) is 37.5. The number of carbonyl (C=O) groups excluding carboxylic acids is 1. The van der Waals surface area contributed by atoms with Crippen molar-refractivity contribution in [1.82, 2.24) is 59.8 Å². The summed E-state index contributed by atoms with van der Waals surface area (Å²) in [7, 11) is 0. The van der Waals surface area contributed by atoms with Crippen LogP contribution in [0.15, 0.2) is 146 Å². The molecule has 1 fully saturated rings. The Hall–Kier alpha value is -8.97. The van der Waals surface area contributed by atoms with Crippen molar-refractivity contribution < 1.29 is 18.0 Å². The molecular weight excluding hydrogens is 926 g/mol. The van der Waals surface area contributed by atoms with Crippen LogP contribution in [0.5, 0.6) is 0 Å². The van der Waals surface area contributed by atoms with Gasteiger partial charge in [-0.2, -0.15) is 10.2 Å². The molecule has 1 saturated heterocycles. The first-order valence-corrected chi connectivity index (χ1v) is 23.4. The fourth-order valence-electron chi connectivity index (χ4n) is 9.10. The zero-order valence-corrected chi connectivity index (χ0v) is 38.3. The molecule has 71 heavy (non-hydrogen) atoms. The second-order valence-electron chi connectivity index (χ2n) is 17.4. The van der Waals surface area contributed by atoms with E-state index in [1.54, 1.807) is 67.5 Å². The molecule has 11 aromatic rings. The maximum absolute atomic E-state index is 15.3. The molecule has 0 aliphatic carbocycles. The van der Waals surface area contributed by atoms with E-state index in [9.17, 15) is 13.6 Å². The molecule has 1 aliphatic heterocycles. The quantitative estimate of drug-likeness (QED) is 0.0744. The van der Waals surface area contributed by atoms with Crippen LogP contribution in [0.25, 0.3) is 77.5 Å². The van der Waals surface area contributed by atoms with Crippen LogP contribution in [0.2, 0.25) is 0 Å². The lowest BCUT2D eigenvalue weighted by Gasteiger charge is -2.39. The summed E-state index contributed by atoms with van der Waals surface area (Å²) in [5, 5.41) is 24.5. The average Bonchev–Trinajstić information content (AvgIpc) is 4.24. The highest BCUT2D eigenvalue weighted by Crippen LogP contribution is 2.38. The van der Waals surface area contributed by atoms with E-state index >= 15 is 4.39 Å². The van der Waals surface area contributed by atoms with Gasteiger partial charge in [0.25, 0.3) is 11.8 Å². The number of carbonyl (C=O) groups is 1. The lowest BCUT2D eigenvalue weighted by molar-refractivity contribution is -0.113. The van der Waals surface area contributed by atoms with Crippen molar-refractivity contribution in [3.63, 3.8) is 0 Å². The van der Waals surface area contributed by atoms with E-state index in [1.807, 2.05) is 77.7 Å². The molecule has 15 nitrogen and oxygen atoms in total. The van der Waals surface area contributed by atoms with Gasteiger partial charge in [0.2, 0.25) is 0 Å². The van der Waals surface area contributed by atoms with Gasteiger partial charge in [0.1, 0.15) is 28.2 Å². The number of alkyl halides is 2. The van der Waals surface area contributed by atoms with Gasteiger partial charge in [0.15, 0.2) is 11.6 Å².